The first-order valence-corrected chi connectivity index (χ1v) is 11.6. The smallest absolute Gasteiger partial charge is 0.340 e. The molecule has 9 heteroatoms. The Morgan fingerprint density at radius 2 is 1.32 bits per heavy atom. The van der Waals surface area contributed by atoms with E-state index in [1.165, 1.54) is 27.4 Å². The second-order valence-electron chi connectivity index (χ2n) is 7.86. The van der Waals surface area contributed by atoms with Crippen LogP contribution in [-0.2, 0) is 19.0 Å². The average molecular weight is 515 g/mol. The highest BCUT2D eigenvalue weighted by Gasteiger charge is 2.32. The van der Waals surface area contributed by atoms with Crippen LogP contribution >= 0.6 is 0 Å². The molecular weight excluding hydrogens is 483 g/mol. The molecule has 0 aliphatic heterocycles. The zero-order valence-corrected chi connectivity index (χ0v) is 21.0. The molecule has 0 fully saturated rings. The van der Waals surface area contributed by atoms with Gasteiger partial charge in [-0.15, -0.1) is 0 Å². The largest absolute Gasteiger partial charge is 0.493 e. The van der Waals surface area contributed by atoms with E-state index in [1.54, 1.807) is 24.3 Å². The maximum Gasteiger partial charge on any atom is 0.340 e. The van der Waals surface area contributed by atoms with E-state index < -0.39 is 24.0 Å². The zero-order chi connectivity index (χ0) is 26.6. The van der Waals surface area contributed by atoms with Crippen LogP contribution in [0.3, 0.4) is 0 Å². The Morgan fingerprint density at radius 1 is 0.811 bits per heavy atom. The van der Waals surface area contributed by atoms with Gasteiger partial charge >= 0.3 is 5.97 Å². The number of hydrogen-bond donors (Lipinski definition) is 1. The van der Waals surface area contributed by atoms with Gasteiger partial charge < -0.3 is 33.5 Å². The number of methoxy groups -OCH3 is 3. The van der Waals surface area contributed by atoms with Crippen molar-refractivity contribution in [1.29, 1.82) is 0 Å². The molecule has 0 aliphatic rings. The predicted octanol–water partition coefficient (Wildman–Crippen LogP) is 4.25. The third kappa shape index (κ3) is 7.19. The quantitative estimate of drug-likeness (QED) is 0.252. The molecule has 1 N–H and O–H groups in total. The van der Waals surface area contributed by atoms with Crippen molar-refractivity contribution >= 4 is 5.97 Å². The fraction of sp³-hybridized carbons (Fsp3) is 0.321. The summed E-state index contributed by atoms with van der Waals surface area (Å²) in [6, 6.07) is 19.3. The van der Waals surface area contributed by atoms with E-state index in [9.17, 15) is 9.90 Å². The third-order valence-electron chi connectivity index (χ3n) is 5.41. The van der Waals surface area contributed by atoms with Crippen molar-refractivity contribution in [3.63, 3.8) is 0 Å². The van der Waals surface area contributed by atoms with Crippen LogP contribution in [0.5, 0.6) is 17.2 Å². The summed E-state index contributed by atoms with van der Waals surface area (Å²) in [6.07, 6.45) is -2.79. The lowest BCUT2D eigenvalue weighted by Crippen LogP contribution is -2.21. The monoisotopic (exact) mass is 514 g/mol. The second kappa shape index (κ2) is 14.2. The molecule has 8 nitrogen and oxygen atoms in total. The number of benzene rings is 3. The lowest BCUT2D eigenvalue weighted by molar-refractivity contribution is -0.158. The van der Waals surface area contributed by atoms with Gasteiger partial charge in [0.2, 0.25) is 11.5 Å². The van der Waals surface area contributed by atoms with Crippen molar-refractivity contribution in [1.82, 2.24) is 0 Å². The number of carbonyl (C=O) groups excluding carboxylic acids is 1. The van der Waals surface area contributed by atoms with Gasteiger partial charge in [-0.2, -0.15) is 0 Å². The van der Waals surface area contributed by atoms with Crippen LogP contribution in [0, 0.1) is 5.82 Å². The summed E-state index contributed by atoms with van der Waals surface area (Å²) in [7, 11) is 4.33. The lowest BCUT2D eigenvalue weighted by Gasteiger charge is -2.23. The number of rotatable bonds is 14. The maximum absolute atomic E-state index is 15.7. The molecular formula is C28H31FO8. The molecule has 0 radical (unpaired) electrons. The van der Waals surface area contributed by atoms with Crippen molar-refractivity contribution in [2.45, 2.75) is 12.2 Å². The molecule has 0 aromatic heterocycles. The minimum atomic E-state index is -1.97. The highest BCUT2D eigenvalue weighted by molar-refractivity contribution is 5.78. The average Bonchev–Trinajstić information content (AvgIpc) is 2.93. The molecule has 0 amide bonds. The summed E-state index contributed by atoms with van der Waals surface area (Å²) in [5.41, 5.74) is 1.00. The number of aliphatic hydroxyl groups excluding tert-OH is 1. The molecule has 0 aliphatic carbocycles. The fourth-order valence-corrected chi connectivity index (χ4v) is 3.57. The van der Waals surface area contributed by atoms with Crippen LogP contribution in [0.25, 0.3) is 0 Å². The Labute approximate surface area is 215 Å². The molecule has 3 aromatic rings. The SMILES string of the molecule is COCCOc1c(OC)cc(C(O)C(=O)OC(c2ccccc2)c2ccccc2)c(F)c1OCCOC. The van der Waals surface area contributed by atoms with E-state index >= 15 is 4.39 Å². The Bertz CT molecular complexity index is 1080. The van der Waals surface area contributed by atoms with Gasteiger partial charge in [-0.1, -0.05) is 60.7 Å². The molecule has 3 rings (SSSR count). The molecule has 3 aromatic carbocycles. The first-order valence-electron chi connectivity index (χ1n) is 11.6. The summed E-state index contributed by atoms with van der Waals surface area (Å²) >= 11 is 0. The van der Waals surface area contributed by atoms with Crippen molar-refractivity contribution < 1.29 is 42.7 Å². The number of carbonyl (C=O) groups is 1. The Hall–Kier alpha value is -3.66. The number of ether oxygens (including phenoxy) is 6. The highest BCUT2D eigenvalue weighted by atomic mass is 19.1. The van der Waals surface area contributed by atoms with E-state index in [2.05, 4.69) is 0 Å². The normalized spacial score (nSPS) is 11.7. The summed E-state index contributed by atoms with van der Waals surface area (Å²) in [5, 5.41) is 10.9. The lowest BCUT2D eigenvalue weighted by atomic mass is 10.0. The molecule has 37 heavy (non-hydrogen) atoms. The van der Waals surface area contributed by atoms with Gasteiger partial charge in [-0.25, -0.2) is 9.18 Å². The molecule has 0 heterocycles. The number of aliphatic hydroxyl groups is 1. The first-order chi connectivity index (χ1) is 18.0. The van der Waals surface area contributed by atoms with E-state index in [1.807, 2.05) is 36.4 Å². The van der Waals surface area contributed by atoms with Gasteiger partial charge in [0.1, 0.15) is 13.2 Å². The van der Waals surface area contributed by atoms with Crippen LogP contribution < -0.4 is 14.2 Å². The minimum Gasteiger partial charge on any atom is -0.493 e. The van der Waals surface area contributed by atoms with Gasteiger partial charge in [0.25, 0.3) is 0 Å². The van der Waals surface area contributed by atoms with E-state index in [0.29, 0.717) is 11.1 Å². The number of esters is 1. The number of hydrogen-bond acceptors (Lipinski definition) is 8. The van der Waals surface area contributed by atoms with E-state index in [0.717, 1.165) is 0 Å². The Balaban J connectivity index is 1.95. The van der Waals surface area contributed by atoms with Gasteiger partial charge in [0.05, 0.1) is 20.3 Å². The van der Waals surface area contributed by atoms with Crippen LogP contribution in [0.15, 0.2) is 66.7 Å². The Kier molecular flexibility index (Phi) is 10.7. The minimum absolute atomic E-state index is 0.00864. The van der Waals surface area contributed by atoms with Crippen molar-refractivity contribution in [2.75, 3.05) is 47.8 Å². The number of halogens is 1. The topological polar surface area (TPSA) is 92.7 Å². The van der Waals surface area contributed by atoms with Crippen molar-refractivity contribution in [3.8, 4) is 17.2 Å². The van der Waals surface area contributed by atoms with Crippen LogP contribution in [0.4, 0.5) is 4.39 Å². The van der Waals surface area contributed by atoms with Gasteiger partial charge in [-0.05, 0) is 17.2 Å². The van der Waals surface area contributed by atoms with Crippen LogP contribution in [-0.4, -0.2) is 58.8 Å². The zero-order valence-electron chi connectivity index (χ0n) is 21.0. The van der Waals surface area contributed by atoms with E-state index in [4.69, 9.17) is 28.4 Å². The van der Waals surface area contributed by atoms with Gasteiger partial charge in [-0.3, -0.25) is 0 Å². The third-order valence-corrected chi connectivity index (χ3v) is 5.41. The van der Waals surface area contributed by atoms with E-state index in [-0.39, 0.29) is 49.2 Å². The molecule has 0 spiro atoms. The summed E-state index contributed by atoms with van der Waals surface area (Å²) in [5.74, 6) is -2.31. The molecule has 1 atom stereocenters. The molecule has 0 saturated carbocycles. The second-order valence-corrected chi connectivity index (χ2v) is 7.86. The summed E-state index contributed by atoms with van der Waals surface area (Å²) < 4.78 is 47.9. The first kappa shape index (κ1) is 27.9. The van der Waals surface area contributed by atoms with Crippen molar-refractivity contribution in [2.24, 2.45) is 0 Å². The molecule has 198 valence electrons. The predicted molar refractivity (Wildman–Crippen MR) is 133 cm³/mol. The molecule has 0 saturated heterocycles. The highest BCUT2D eigenvalue weighted by Crippen LogP contribution is 2.43. The maximum atomic E-state index is 15.7. The summed E-state index contributed by atoms with van der Waals surface area (Å²) in [4.78, 5) is 13.1. The van der Waals surface area contributed by atoms with Gasteiger partial charge in [0, 0.05) is 19.8 Å². The Morgan fingerprint density at radius 3 is 1.81 bits per heavy atom. The van der Waals surface area contributed by atoms with Crippen LogP contribution in [0.1, 0.15) is 28.9 Å². The fourth-order valence-electron chi connectivity index (χ4n) is 3.57. The standard InChI is InChI=1S/C28H31FO8/c1-32-14-16-35-26-22(34-3)18-21(23(29)27(26)36-17-15-33-2)24(30)28(31)37-25(19-10-6-4-7-11-19)20-12-8-5-9-13-20/h4-13,18,24-25,30H,14-17H2,1-3H3. The molecule has 0 bridgehead atoms. The van der Waals surface area contributed by atoms with Crippen molar-refractivity contribution in [3.05, 3.63) is 89.2 Å². The summed E-state index contributed by atoms with van der Waals surface area (Å²) in [6.45, 7) is 0.487. The van der Waals surface area contributed by atoms with Gasteiger partial charge in [0.15, 0.2) is 23.8 Å². The van der Waals surface area contributed by atoms with Crippen LogP contribution in [0.2, 0.25) is 0 Å². The molecule has 1 unspecified atom stereocenters.